The van der Waals surface area contributed by atoms with Crippen LogP contribution in [0.25, 0.3) is 66.2 Å². The molecule has 10 heterocycles. The predicted molar refractivity (Wildman–Crippen MR) is 365 cm³/mol. The van der Waals surface area contributed by atoms with Crippen LogP contribution in [0.15, 0.2) is 122 Å². The summed E-state index contributed by atoms with van der Waals surface area (Å²) < 4.78 is 8.65. The van der Waals surface area contributed by atoms with Gasteiger partial charge in [-0.15, -0.1) is 0 Å². The molecule has 0 amide bonds. The zero-order chi connectivity index (χ0) is 63.4. The molecule has 0 fully saturated rings. The van der Waals surface area contributed by atoms with Crippen LogP contribution in [0.5, 0.6) is 0 Å². The van der Waals surface area contributed by atoms with Crippen LogP contribution in [0.1, 0.15) is 151 Å². The normalized spacial score (nSPS) is 12.9. The summed E-state index contributed by atoms with van der Waals surface area (Å²) in [4.78, 5) is 58.0. The second-order valence-corrected chi connectivity index (χ2v) is 28.7. The van der Waals surface area contributed by atoms with E-state index in [-0.39, 0.29) is 10.8 Å². The molecule has 0 saturated carbocycles. The molecule has 0 unspecified atom stereocenters. The van der Waals surface area contributed by atoms with Gasteiger partial charge in [-0.3, -0.25) is 18.6 Å². The van der Waals surface area contributed by atoms with E-state index in [4.69, 9.17) is 49.8 Å². The number of anilines is 6. The van der Waals surface area contributed by atoms with Crippen molar-refractivity contribution in [1.82, 2.24) is 67.4 Å². The van der Waals surface area contributed by atoms with E-state index in [0.29, 0.717) is 11.3 Å². The summed E-state index contributed by atoms with van der Waals surface area (Å²) >= 11 is 0. The Bertz CT molecular complexity index is 5120. The van der Waals surface area contributed by atoms with Gasteiger partial charge in [0.1, 0.15) is 34.6 Å². The average Bonchev–Trinajstić information content (AvgIpc) is 1.80. The largest absolute Gasteiger partial charge is 0.304 e. The van der Waals surface area contributed by atoms with Gasteiger partial charge in [-0.1, -0.05) is 155 Å². The maximum Gasteiger partial charge on any atom is 0.168 e. The SMILES string of the molecule is Cc1cc(C)c(N(c2nc3c4cnc(C(C)(C)C)nc4nc(C(C)(C)C)n3c2C)c2nc3c4cnc(C(C)(C)CCc5cc(C)c(N(c6cn7ccc8ccccc8c7n6)c6cn7ccc8ccccc8c7n6)c(C)c5)nc4nc(C(C)(C)C)n3c2C)c(C)c1. The summed E-state index contributed by atoms with van der Waals surface area (Å²) in [5, 5.41) is 6.01. The van der Waals surface area contributed by atoms with E-state index in [1.165, 1.54) is 11.1 Å². The third-order valence-corrected chi connectivity index (χ3v) is 17.9. The zero-order valence-electron chi connectivity index (χ0n) is 55.1. The topological polar surface area (TPSA) is 153 Å². The second-order valence-electron chi connectivity index (χ2n) is 28.7. The molecule has 4 aromatic carbocycles. The smallest absolute Gasteiger partial charge is 0.168 e. The van der Waals surface area contributed by atoms with Crippen molar-refractivity contribution in [3.8, 4) is 0 Å². The summed E-state index contributed by atoms with van der Waals surface area (Å²) in [6.07, 6.45) is 13.8. The molecule has 10 aromatic heterocycles. The van der Waals surface area contributed by atoms with E-state index >= 15 is 0 Å². The Labute approximate surface area is 524 Å². The monoisotopic (exact) mass is 1190 g/mol. The Balaban J connectivity index is 0.852. The molecule has 0 aliphatic heterocycles. The van der Waals surface area contributed by atoms with Gasteiger partial charge in [0.2, 0.25) is 0 Å². The maximum atomic E-state index is 5.71. The first-order valence-corrected chi connectivity index (χ1v) is 31.3. The van der Waals surface area contributed by atoms with Gasteiger partial charge in [0.05, 0.1) is 45.9 Å². The Hall–Kier alpha value is -9.70. The van der Waals surface area contributed by atoms with E-state index in [1.807, 2.05) is 12.4 Å². The minimum absolute atomic E-state index is 0.268. The molecule has 14 rings (SSSR count). The predicted octanol–water partition coefficient (Wildman–Crippen LogP) is 17.2. The standard InChI is InChI=1S/C74H78N16/c1-41-33-42(2)58(43(3)34-41)90(61-46(6)87-65(83-61)53-37-75-67(71(8,9)10)79-59(53)81-69(87)72(11,12)13)62-47(7)88-66(84-62)54-38-76-68(80-60(54)82-70(88)73(14,15)16)74(17,18)30-27-48-35-44(4)57(45(5)36-48)89(55-39-85-31-28-49-23-19-21-25-51(49)63(85)77-55)56-40-86-32-29-50-24-20-22-26-52(50)64(86)78-56/h19-26,28-29,31-40H,27,30H2,1-18H3. The van der Waals surface area contributed by atoms with Gasteiger partial charge in [-0.2, -0.15) is 0 Å². The molecule has 16 nitrogen and oxygen atoms in total. The third kappa shape index (κ3) is 9.47. The molecule has 0 saturated heterocycles. The van der Waals surface area contributed by atoms with Crippen molar-refractivity contribution in [2.75, 3.05) is 9.80 Å². The van der Waals surface area contributed by atoms with Crippen LogP contribution in [-0.2, 0) is 28.1 Å². The first kappa shape index (κ1) is 58.0. The summed E-state index contributed by atoms with van der Waals surface area (Å²) in [5.41, 5.74) is 13.8. The molecule has 14 aromatic rings. The molecule has 454 valence electrons. The van der Waals surface area contributed by atoms with E-state index < -0.39 is 10.8 Å². The number of rotatable bonds is 10. The number of nitrogens with zero attached hydrogens (tertiary/aromatic N) is 16. The van der Waals surface area contributed by atoms with E-state index in [2.05, 4.69) is 262 Å². The van der Waals surface area contributed by atoms with Crippen LogP contribution in [0.2, 0.25) is 0 Å². The Morgan fingerprint density at radius 1 is 0.422 bits per heavy atom. The van der Waals surface area contributed by atoms with Crippen molar-refractivity contribution in [2.45, 2.75) is 159 Å². The lowest BCUT2D eigenvalue weighted by atomic mass is 9.84. The van der Waals surface area contributed by atoms with E-state index in [9.17, 15) is 0 Å². The van der Waals surface area contributed by atoms with Crippen molar-refractivity contribution in [2.24, 2.45) is 0 Å². The average molecular weight is 1190 g/mol. The number of imidazole rings is 4. The molecular formula is C74H78N16. The van der Waals surface area contributed by atoms with Gasteiger partial charge < -0.3 is 8.80 Å². The first-order valence-electron chi connectivity index (χ1n) is 31.3. The van der Waals surface area contributed by atoms with Gasteiger partial charge in [-0.25, -0.2) is 49.8 Å². The molecule has 0 radical (unpaired) electrons. The first-order chi connectivity index (χ1) is 42.6. The molecule has 0 spiro atoms. The van der Waals surface area contributed by atoms with Crippen LogP contribution < -0.4 is 9.80 Å². The second kappa shape index (κ2) is 20.4. The summed E-state index contributed by atoms with van der Waals surface area (Å²) in [6, 6.07) is 30.3. The van der Waals surface area contributed by atoms with Crippen LogP contribution in [-0.4, -0.2) is 67.4 Å². The minimum atomic E-state index is -0.437. The van der Waals surface area contributed by atoms with Crippen LogP contribution in [0, 0.1) is 48.5 Å². The molecule has 0 aliphatic carbocycles. The summed E-state index contributed by atoms with van der Waals surface area (Å²) in [7, 11) is 0. The molecule has 16 heteroatoms. The third-order valence-electron chi connectivity index (χ3n) is 17.9. The highest BCUT2D eigenvalue weighted by molar-refractivity contribution is 5.98. The van der Waals surface area contributed by atoms with Gasteiger partial charge in [0.25, 0.3) is 0 Å². The van der Waals surface area contributed by atoms with E-state index in [0.717, 1.165) is 159 Å². The summed E-state index contributed by atoms with van der Waals surface area (Å²) in [6.45, 7) is 39.2. The van der Waals surface area contributed by atoms with Gasteiger partial charge >= 0.3 is 0 Å². The van der Waals surface area contributed by atoms with Gasteiger partial charge in [0.15, 0.2) is 45.9 Å². The van der Waals surface area contributed by atoms with Crippen LogP contribution in [0.3, 0.4) is 0 Å². The Kier molecular flexibility index (Phi) is 13.2. The number of fused-ring (bicyclic) bond motifs is 12. The van der Waals surface area contributed by atoms with E-state index in [1.54, 1.807) is 0 Å². The van der Waals surface area contributed by atoms with Crippen molar-refractivity contribution in [3.05, 3.63) is 190 Å². The molecule has 0 N–H and O–H groups in total. The number of benzene rings is 4. The number of pyridine rings is 2. The number of hydrogen-bond acceptors (Lipinski definition) is 12. The Morgan fingerprint density at radius 2 is 0.856 bits per heavy atom. The lowest BCUT2D eigenvalue weighted by Gasteiger charge is -2.27. The highest BCUT2D eigenvalue weighted by Crippen LogP contribution is 2.46. The Morgan fingerprint density at radius 3 is 1.32 bits per heavy atom. The van der Waals surface area contributed by atoms with Crippen molar-refractivity contribution < 1.29 is 0 Å². The fourth-order valence-corrected chi connectivity index (χ4v) is 13.4. The fourth-order valence-electron chi connectivity index (χ4n) is 13.4. The number of aryl methyl sites for hydroxylation is 8. The molecule has 0 aliphatic rings. The molecule has 0 bridgehead atoms. The number of aromatic nitrogens is 14. The highest BCUT2D eigenvalue weighted by atomic mass is 15.3. The van der Waals surface area contributed by atoms with Gasteiger partial charge in [0, 0.05) is 57.2 Å². The number of hydrogen-bond donors (Lipinski definition) is 0. The lowest BCUT2D eigenvalue weighted by molar-refractivity contribution is 0.451. The fraction of sp³-hybridized carbons (Fsp3) is 0.324. The van der Waals surface area contributed by atoms with Crippen molar-refractivity contribution in [1.29, 1.82) is 0 Å². The molecular weight excluding hydrogens is 1110 g/mol. The quantitative estimate of drug-likeness (QED) is 0.128. The minimum Gasteiger partial charge on any atom is -0.304 e. The molecule has 0 atom stereocenters. The van der Waals surface area contributed by atoms with Crippen molar-refractivity contribution >= 4 is 101 Å². The zero-order valence-corrected chi connectivity index (χ0v) is 55.1. The van der Waals surface area contributed by atoms with Crippen LogP contribution >= 0.6 is 0 Å². The van der Waals surface area contributed by atoms with Crippen molar-refractivity contribution in [3.63, 3.8) is 0 Å². The van der Waals surface area contributed by atoms with Gasteiger partial charge in [-0.05, 0) is 112 Å². The summed E-state index contributed by atoms with van der Waals surface area (Å²) in [5.74, 6) is 6.22. The lowest BCUT2D eigenvalue weighted by Crippen LogP contribution is -2.23. The molecule has 90 heavy (non-hydrogen) atoms. The van der Waals surface area contributed by atoms with Crippen LogP contribution in [0.4, 0.5) is 34.6 Å². The maximum absolute atomic E-state index is 5.71. The highest BCUT2D eigenvalue weighted by Gasteiger charge is 2.35.